The molecule has 0 spiro atoms. The number of furan rings is 1. The third kappa shape index (κ3) is 3.35. The zero-order chi connectivity index (χ0) is 24.3. The van der Waals surface area contributed by atoms with Crippen molar-refractivity contribution in [2.75, 3.05) is 0 Å². The van der Waals surface area contributed by atoms with Gasteiger partial charge in [0.15, 0.2) is 5.58 Å². The number of fused-ring (bicyclic) bond motifs is 4. The van der Waals surface area contributed by atoms with E-state index in [1.165, 1.54) is 16.8 Å². The van der Waals surface area contributed by atoms with Gasteiger partial charge in [0.25, 0.3) is 0 Å². The zero-order valence-electron chi connectivity index (χ0n) is 20.8. The van der Waals surface area contributed by atoms with E-state index >= 15 is 0 Å². The van der Waals surface area contributed by atoms with Gasteiger partial charge in [0.1, 0.15) is 16.9 Å². The van der Waals surface area contributed by atoms with Gasteiger partial charge in [0, 0.05) is 11.1 Å². The largest absolute Gasteiger partial charge is 0.454 e. The molecule has 0 aliphatic carbocycles. The van der Waals surface area contributed by atoms with Gasteiger partial charge >= 0.3 is 0 Å². The molecule has 4 nitrogen and oxygen atoms in total. The maximum atomic E-state index is 6.42. The third-order valence-electron chi connectivity index (χ3n) is 6.85. The fraction of sp³-hybridized carbons (Fsp3) is 0.226. The summed E-state index contributed by atoms with van der Waals surface area (Å²) in [5.41, 5.74) is 10.4. The van der Waals surface area contributed by atoms with Crippen LogP contribution in [0.25, 0.3) is 50.2 Å². The van der Waals surface area contributed by atoms with E-state index in [0.29, 0.717) is 11.8 Å². The van der Waals surface area contributed by atoms with Crippen molar-refractivity contribution < 1.29 is 4.42 Å². The average Bonchev–Trinajstić information content (AvgIpc) is 3.41. The van der Waals surface area contributed by atoms with Crippen LogP contribution in [-0.2, 0) is 0 Å². The summed E-state index contributed by atoms with van der Waals surface area (Å²) in [5, 5.41) is 1.01. The van der Waals surface area contributed by atoms with Crippen LogP contribution in [-0.4, -0.2) is 14.5 Å². The lowest BCUT2D eigenvalue weighted by atomic mass is 9.92. The van der Waals surface area contributed by atoms with Gasteiger partial charge in [-0.15, -0.1) is 0 Å². The highest BCUT2D eigenvalue weighted by atomic mass is 16.3. The van der Waals surface area contributed by atoms with Crippen molar-refractivity contribution in [1.29, 1.82) is 0 Å². The molecule has 0 saturated carbocycles. The average molecular weight is 460 g/mol. The summed E-state index contributed by atoms with van der Waals surface area (Å²) in [6, 6.07) is 25.4. The van der Waals surface area contributed by atoms with E-state index in [0.717, 1.165) is 50.2 Å². The summed E-state index contributed by atoms with van der Waals surface area (Å²) in [4.78, 5) is 9.96. The van der Waals surface area contributed by atoms with Crippen molar-refractivity contribution >= 4 is 33.1 Å². The van der Waals surface area contributed by atoms with Gasteiger partial charge in [-0.05, 0) is 66.3 Å². The number of imidazole rings is 1. The van der Waals surface area contributed by atoms with Crippen LogP contribution in [0.3, 0.4) is 0 Å². The van der Waals surface area contributed by atoms with Crippen LogP contribution in [0, 0.1) is 6.92 Å². The minimum Gasteiger partial charge on any atom is -0.454 e. The highest BCUT2D eigenvalue weighted by Crippen LogP contribution is 2.40. The third-order valence-corrected chi connectivity index (χ3v) is 6.85. The minimum absolute atomic E-state index is 0.367. The molecule has 3 heterocycles. The summed E-state index contributed by atoms with van der Waals surface area (Å²) in [5.74, 6) is 1.63. The summed E-state index contributed by atoms with van der Waals surface area (Å²) >= 11 is 0. The lowest BCUT2D eigenvalue weighted by molar-refractivity contribution is 0.668. The van der Waals surface area contributed by atoms with Crippen molar-refractivity contribution in [3.63, 3.8) is 0 Å². The summed E-state index contributed by atoms with van der Waals surface area (Å²) in [7, 11) is 0. The molecule has 6 rings (SSSR count). The zero-order valence-corrected chi connectivity index (χ0v) is 20.8. The Hall–Kier alpha value is -3.92. The number of rotatable bonds is 4. The summed E-state index contributed by atoms with van der Waals surface area (Å²) in [6.45, 7) is 11.1. The second-order valence-corrected chi connectivity index (χ2v) is 9.94. The van der Waals surface area contributed by atoms with Crippen LogP contribution in [0.1, 0.15) is 56.4 Å². The smallest absolute Gasteiger partial charge is 0.153 e. The Labute approximate surface area is 205 Å². The molecule has 6 aromatic rings. The minimum atomic E-state index is 0.367. The molecule has 4 heteroatoms. The van der Waals surface area contributed by atoms with Crippen LogP contribution >= 0.6 is 0 Å². The molecule has 3 aromatic carbocycles. The summed E-state index contributed by atoms with van der Waals surface area (Å²) < 4.78 is 8.77. The van der Waals surface area contributed by atoms with Gasteiger partial charge in [-0.3, -0.25) is 4.57 Å². The Morgan fingerprint density at radius 3 is 2.20 bits per heavy atom. The lowest BCUT2D eigenvalue weighted by Crippen LogP contribution is -2.08. The van der Waals surface area contributed by atoms with E-state index in [1.54, 1.807) is 0 Å². The van der Waals surface area contributed by atoms with E-state index in [1.807, 2.05) is 19.1 Å². The Bertz CT molecular complexity index is 1690. The quantitative estimate of drug-likeness (QED) is 0.265. The monoisotopic (exact) mass is 459 g/mol. The molecule has 0 fully saturated rings. The number of hydrogen-bond donors (Lipinski definition) is 0. The van der Waals surface area contributed by atoms with Gasteiger partial charge < -0.3 is 4.42 Å². The second-order valence-electron chi connectivity index (χ2n) is 9.94. The normalized spacial score (nSPS) is 12.1. The van der Waals surface area contributed by atoms with Crippen molar-refractivity contribution in [2.45, 2.75) is 46.5 Å². The van der Waals surface area contributed by atoms with E-state index in [2.05, 4.69) is 92.9 Å². The van der Waals surface area contributed by atoms with Crippen molar-refractivity contribution in [1.82, 2.24) is 14.5 Å². The molecule has 0 N–H and O–H groups in total. The molecule has 174 valence electrons. The predicted octanol–water partition coefficient (Wildman–Crippen LogP) is 8.54. The Balaban J connectivity index is 1.76. The fourth-order valence-corrected chi connectivity index (χ4v) is 5.14. The lowest BCUT2D eigenvalue weighted by Gasteiger charge is -2.22. The van der Waals surface area contributed by atoms with E-state index < -0.39 is 0 Å². The SMILES string of the molecule is Cc1ccc2oc3c(-c4nc5ccccc5n4-c4c(C(C)C)cccc4C(C)C)cccc3c2n1. The first kappa shape index (κ1) is 21.6. The molecule has 0 unspecified atom stereocenters. The molecule has 0 bridgehead atoms. The van der Waals surface area contributed by atoms with E-state index in [-0.39, 0.29) is 0 Å². The maximum absolute atomic E-state index is 6.42. The van der Waals surface area contributed by atoms with Gasteiger partial charge in [-0.1, -0.05) is 64.1 Å². The molecular weight excluding hydrogens is 430 g/mol. The van der Waals surface area contributed by atoms with Crippen LogP contribution in [0.2, 0.25) is 0 Å². The molecule has 0 amide bonds. The molecule has 3 aromatic heterocycles. The molecule has 0 saturated heterocycles. The van der Waals surface area contributed by atoms with Crippen LogP contribution in [0.15, 0.2) is 77.2 Å². The molecule has 0 aliphatic rings. The van der Waals surface area contributed by atoms with Crippen LogP contribution < -0.4 is 0 Å². The standard InChI is InChI=1S/C31H29N3O/c1-18(2)21-10-8-11-22(19(3)4)29(21)34-26-15-7-6-14-25(26)33-31(34)24-13-9-12-23-28-27(35-30(23)24)17-16-20(5)32-28/h6-19H,1-5H3. The highest BCUT2D eigenvalue weighted by Gasteiger charge is 2.24. The first-order chi connectivity index (χ1) is 16.9. The van der Waals surface area contributed by atoms with Crippen molar-refractivity contribution in [2.24, 2.45) is 0 Å². The number of aryl methyl sites for hydroxylation is 1. The Morgan fingerprint density at radius 2 is 1.46 bits per heavy atom. The second kappa shape index (κ2) is 8.09. The number of benzene rings is 3. The molecule has 0 aliphatic heterocycles. The highest BCUT2D eigenvalue weighted by molar-refractivity contribution is 6.07. The topological polar surface area (TPSA) is 43.9 Å². The number of para-hydroxylation sites is 4. The van der Waals surface area contributed by atoms with Gasteiger partial charge in [-0.2, -0.15) is 0 Å². The summed E-state index contributed by atoms with van der Waals surface area (Å²) in [6.07, 6.45) is 0. The van der Waals surface area contributed by atoms with Crippen LogP contribution in [0.4, 0.5) is 0 Å². The first-order valence-corrected chi connectivity index (χ1v) is 12.3. The van der Waals surface area contributed by atoms with Crippen molar-refractivity contribution in [3.8, 4) is 17.1 Å². The Kier molecular flexibility index (Phi) is 4.99. The number of pyridine rings is 1. The Morgan fingerprint density at radius 1 is 0.743 bits per heavy atom. The maximum Gasteiger partial charge on any atom is 0.153 e. The van der Waals surface area contributed by atoms with Gasteiger partial charge in [0.2, 0.25) is 0 Å². The molecule has 35 heavy (non-hydrogen) atoms. The van der Waals surface area contributed by atoms with E-state index in [9.17, 15) is 0 Å². The van der Waals surface area contributed by atoms with Gasteiger partial charge in [0.05, 0.1) is 22.3 Å². The number of aromatic nitrogens is 3. The molecular formula is C31H29N3O. The van der Waals surface area contributed by atoms with Crippen LogP contribution in [0.5, 0.6) is 0 Å². The molecule has 0 atom stereocenters. The van der Waals surface area contributed by atoms with Crippen molar-refractivity contribution in [3.05, 3.63) is 89.6 Å². The molecule has 0 radical (unpaired) electrons. The van der Waals surface area contributed by atoms with E-state index in [4.69, 9.17) is 14.4 Å². The van der Waals surface area contributed by atoms with Gasteiger partial charge in [-0.25, -0.2) is 9.97 Å². The number of nitrogens with zero attached hydrogens (tertiary/aromatic N) is 3. The fourth-order valence-electron chi connectivity index (χ4n) is 5.14. The number of hydrogen-bond acceptors (Lipinski definition) is 3. The first-order valence-electron chi connectivity index (χ1n) is 12.3. The predicted molar refractivity (Wildman–Crippen MR) is 144 cm³/mol.